The summed E-state index contributed by atoms with van der Waals surface area (Å²) in [5.74, 6) is -0.636. The number of thiophene rings is 1. The molecule has 0 atom stereocenters. The Balaban J connectivity index is 1.68. The van der Waals surface area contributed by atoms with Crippen LogP contribution in [0.4, 0.5) is 5.00 Å². The van der Waals surface area contributed by atoms with E-state index in [4.69, 9.17) is 9.47 Å². The summed E-state index contributed by atoms with van der Waals surface area (Å²) in [6.45, 7) is 5.99. The third-order valence-electron chi connectivity index (χ3n) is 6.01. The molecule has 0 saturated carbocycles. The fraction of sp³-hybridized carbons (Fsp3) is 0.172. The number of nitrogens with zero attached hydrogens (tertiary/aromatic N) is 2. The molecule has 0 aliphatic heterocycles. The van der Waals surface area contributed by atoms with Crippen molar-refractivity contribution < 1.29 is 19.1 Å². The van der Waals surface area contributed by atoms with Crippen molar-refractivity contribution in [1.82, 2.24) is 9.78 Å². The van der Waals surface area contributed by atoms with Crippen LogP contribution in [0.3, 0.4) is 0 Å². The first-order chi connectivity index (χ1) is 18.4. The highest BCUT2D eigenvalue weighted by atomic mass is 32.1. The number of carbonyl (C=O) groups is 2. The lowest BCUT2D eigenvalue weighted by Crippen LogP contribution is -2.25. The van der Waals surface area contributed by atoms with E-state index in [2.05, 4.69) is 10.4 Å². The SMILES string of the molecule is CCOC(=O)c1nn(-c2cccc(C)c2)c(=O)c2c(NC(=O)c3c(OCC)ccc4ccccc34)scc12. The number of aryl methyl sites for hydroxylation is 1. The third kappa shape index (κ3) is 4.52. The summed E-state index contributed by atoms with van der Waals surface area (Å²) in [5.41, 5.74) is 1.33. The minimum absolute atomic E-state index is 0.000119. The van der Waals surface area contributed by atoms with E-state index in [1.165, 1.54) is 4.68 Å². The third-order valence-corrected chi connectivity index (χ3v) is 6.91. The summed E-state index contributed by atoms with van der Waals surface area (Å²) >= 11 is 1.15. The summed E-state index contributed by atoms with van der Waals surface area (Å²) in [7, 11) is 0. The lowest BCUT2D eigenvalue weighted by atomic mass is 10.0. The van der Waals surface area contributed by atoms with Crippen LogP contribution in [-0.4, -0.2) is 34.9 Å². The molecule has 0 saturated heterocycles. The van der Waals surface area contributed by atoms with Gasteiger partial charge in [0.25, 0.3) is 11.5 Å². The fourth-order valence-corrected chi connectivity index (χ4v) is 5.29. The summed E-state index contributed by atoms with van der Waals surface area (Å²) < 4.78 is 12.2. The molecule has 0 unspecified atom stereocenters. The van der Waals surface area contributed by atoms with Crippen molar-refractivity contribution in [3.05, 3.63) is 93.2 Å². The predicted octanol–water partition coefficient (Wildman–Crippen LogP) is 5.74. The van der Waals surface area contributed by atoms with E-state index >= 15 is 0 Å². The van der Waals surface area contributed by atoms with Crippen molar-refractivity contribution in [2.75, 3.05) is 18.5 Å². The van der Waals surface area contributed by atoms with Gasteiger partial charge in [-0.2, -0.15) is 9.78 Å². The number of rotatable bonds is 7. The van der Waals surface area contributed by atoms with Crippen molar-refractivity contribution in [2.24, 2.45) is 0 Å². The molecule has 2 heterocycles. The zero-order valence-corrected chi connectivity index (χ0v) is 21.9. The predicted molar refractivity (Wildman–Crippen MR) is 149 cm³/mol. The van der Waals surface area contributed by atoms with Crippen LogP contribution in [-0.2, 0) is 4.74 Å². The van der Waals surface area contributed by atoms with E-state index in [0.29, 0.717) is 34.0 Å². The minimum atomic E-state index is -0.651. The van der Waals surface area contributed by atoms with Crippen molar-refractivity contribution in [1.29, 1.82) is 0 Å². The van der Waals surface area contributed by atoms with E-state index in [1.807, 2.05) is 50.2 Å². The molecule has 0 fully saturated rings. The number of carbonyl (C=O) groups excluding carboxylic acids is 2. The van der Waals surface area contributed by atoms with Gasteiger partial charge in [-0.25, -0.2) is 4.79 Å². The highest BCUT2D eigenvalue weighted by molar-refractivity contribution is 7.16. The van der Waals surface area contributed by atoms with Crippen molar-refractivity contribution >= 4 is 49.8 Å². The molecule has 0 bridgehead atoms. The van der Waals surface area contributed by atoms with Gasteiger partial charge in [-0.3, -0.25) is 9.59 Å². The largest absolute Gasteiger partial charge is 0.493 e. The number of hydrogen-bond donors (Lipinski definition) is 1. The lowest BCUT2D eigenvalue weighted by molar-refractivity contribution is 0.0520. The first-order valence-electron chi connectivity index (χ1n) is 12.2. The molecule has 0 radical (unpaired) electrons. The molecule has 9 heteroatoms. The molecular formula is C29H25N3O5S. The number of amides is 1. The molecule has 5 aromatic rings. The molecule has 0 aliphatic carbocycles. The Bertz CT molecular complexity index is 1760. The Morgan fingerprint density at radius 1 is 1.00 bits per heavy atom. The standard InChI is InChI=1S/C29H25N3O5S/c1-4-36-22-14-13-18-10-6-7-12-20(18)23(22)26(33)30-27-24-21(16-38-27)25(29(35)37-5-2)31-32(28(24)34)19-11-8-9-17(3)15-19/h6-16H,4-5H2,1-3H3,(H,30,33). The molecule has 5 rings (SSSR count). The fourth-order valence-electron chi connectivity index (χ4n) is 4.35. The van der Waals surface area contributed by atoms with Gasteiger partial charge < -0.3 is 14.8 Å². The topological polar surface area (TPSA) is 99.5 Å². The van der Waals surface area contributed by atoms with Crippen LogP contribution >= 0.6 is 11.3 Å². The first-order valence-corrected chi connectivity index (χ1v) is 13.1. The van der Waals surface area contributed by atoms with Crippen LogP contribution in [0.5, 0.6) is 5.75 Å². The van der Waals surface area contributed by atoms with Crippen molar-refractivity contribution in [3.63, 3.8) is 0 Å². The summed E-state index contributed by atoms with van der Waals surface area (Å²) in [6, 6.07) is 18.4. The van der Waals surface area contributed by atoms with Crippen LogP contribution < -0.4 is 15.6 Å². The monoisotopic (exact) mass is 527 g/mol. The Labute approximate surface area is 222 Å². The highest BCUT2D eigenvalue weighted by Crippen LogP contribution is 2.34. The molecule has 1 N–H and O–H groups in total. The normalized spacial score (nSPS) is 11.0. The second kappa shape index (κ2) is 10.5. The molecule has 1 amide bonds. The first kappa shape index (κ1) is 25.2. The van der Waals surface area contributed by atoms with Gasteiger partial charge in [0.15, 0.2) is 5.69 Å². The van der Waals surface area contributed by atoms with Crippen molar-refractivity contribution in [3.8, 4) is 11.4 Å². The van der Waals surface area contributed by atoms with Gasteiger partial charge >= 0.3 is 5.97 Å². The number of anilines is 1. The van der Waals surface area contributed by atoms with E-state index < -0.39 is 17.4 Å². The number of benzene rings is 3. The molecule has 3 aromatic carbocycles. The maximum Gasteiger partial charge on any atom is 0.359 e. The van der Waals surface area contributed by atoms with E-state index in [-0.39, 0.29) is 17.7 Å². The molecule has 0 aliphatic rings. The Hall–Kier alpha value is -4.50. The van der Waals surface area contributed by atoms with Gasteiger partial charge in [0.1, 0.15) is 10.8 Å². The van der Waals surface area contributed by atoms with Gasteiger partial charge in [-0.15, -0.1) is 11.3 Å². The zero-order chi connectivity index (χ0) is 26.8. The average Bonchev–Trinajstić information content (AvgIpc) is 3.33. The quantitative estimate of drug-likeness (QED) is 0.271. The maximum absolute atomic E-state index is 13.7. The van der Waals surface area contributed by atoms with Crippen molar-refractivity contribution in [2.45, 2.75) is 20.8 Å². The van der Waals surface area contributed by atoms with Gasteiger partial charge in [0.2, 0.25) is 0 Å². The molecule has 0 spiro atoms. The maximum atomic E-state index is 13.7. The smallest absolute Gasteiger partial charge is 0.359 e. The van der Waals surface area contributed by atoms with Crippen LogP contribution in [0.1, 0.15) is 40.3 Å². The van der Waals surface area contributed by atoms with Crippen LogP contribution in [0.25, 0.3) is 27.2 Å². The second-order valence-corrected chi connectivity index (χ2v) is 9.41. The van der Waals surface area contributed by atoms with Gasteiger partial charge in [-0.1, -0.05) is 42.5 Å². The van der Waals surface area contributed by atoms with Crippen LogP contribution in [0.2, 0.25) is 0 Å². The summed E-state index contributed by atoms with van der Waals surface area (Å²) in [6.07, 6.45) is 0. The molecule has 192 valence electrons. The Kier molecular flexibility index (Phi) is 6.93. The van der Waals surface area contributed by atoms with E-state index in [9.17, 15) is 14.4 Å². The van der Waals surface area contributed by atoms with Gasteiger partial charge in [0, 0.05) is 10.8 Å². The van der Waals surface area contributed by atoms with Gasteiger partial charge in [-0.05, 0) is 55.3 Å². The number of esters is 1. The summed E-state index contributed by atoms with van der Waals surface area (Å²) in [4.78, 5) is 40.3. The number of aromatic nitrogens is 2. The number of nitrogens with one attached hydrogen (secondary N) is 1. The molecule has 38 heavy (non-hydrogen) atoms. The van der Waals surface area contributed by atoms with Gasteiger partial charge in [0.05, 0.1) is 29.9 Å². The molecule has 8 nitrogen and oxygen atoms in total. The number of hydrogen-bond acceptors (Lipinski definition) is 7. The molecule has 2 aromatic heterocycles. The number of fused-ring (bicyclic) bond motifs is 2. The zero-order valence-electron chi connectivity index (χ0n) is 21.1. The molecular weight excluding hydrogens is 502 g/mol. The Morgan fingerprint density at radius 2 is 1.82 bits per heavy atom. The van der Waals surface area contributed by atoms with E-state index in [1.54, 1.807) is 36.6 Å². The van der Waals surface area contributed by atoms with Crippen LogP contribution in [0, 0.1) is 6.92 Å². The highest BCUT2D eigenvalue weighted by Gasteiger charge is 2.25. The van der Waals surface area contributed by atoms with Crippen LogP contribution in [0.15, 0.2) is 70.8 Å². The average molecular weight is 528 g/mol. The summed E-state index contributed by atoms with van der Waals surface area (Å²) in [5, 5.41) is 11.3. The Morgan fingerprint density at radius 3 is 2.58 bits per heavy atom. The second-order valence-electron chi connectivity index (χ2n) is 8.53. The van der Waals surface area contributed by atoms with E-state index in [0.717, 1.165) is 27.7 Å². The minimum Gasteiger partial charge on any atom is -0.493 e. The number of ether oxygens (including phenoxy) is 2. The lowest BCUT2D eigenvalue weighted by Gasteiger charge is -2.13.